The highest BCUT2D eigenvalue weighted by Crippen LogP contribution is 2.36. The lowest BCUT2D eigenvalue weighted by Gasteiger charge is -2.44. The maximum absolute atomic E-state index is 13.0. The van der Waals surface area contributed by atoms with Crippen LogP contribution in [0.1, 0.15) is 38.7 Å². The first-order valence-electron chi connectivity index (χ1n) is 19.6. The minimum absolute atomic E-state index is 0.0608. The van der Waals surface area contributed by atoms with Gasteiger partial charge in [-0.15, -0.1) is 0 Å². The van der Waals surface area contributed by atoms with Gasteiger partial charge in [0.25, 0.3) is 5.69 Å². The van der Waals surface area contributed by atoms with Crippen molar-refractivity contribution in [2.75, 3.05) is 31.6 Å². The third-order valence-corrected chi connectivity index (χ3v) is 9.84. The number of amides is 5. The van der Waals surface area contributed by atoms with Gasteiger partial charge in [-0.25, -0.2) is 4.98 Å². The van der Waals surface area contributed by atoms with Gasteiger partial charge in [-0.1, -0.05) is 54.6 Å². The Bertz CT molecular complexity index is 2190. The molecular formula is C41H50N8O12. The minimum atomic E-state index is -1.49. The third-order valence-electron chi connectivity index (χ3n) is 9.84. The lowest BCUT2D eigenvalue weighted by atomic mass is 9.96. The number of primary amides is 1. The number of hydrogen-bond acceptors (Lipinski definition) is 14. The van der Waals surface area contributed by atoms with Crippen LogP contribution in [-0.2, 0) is 44.8 Å². The molecule has 1 aliphatic heterocycles. The zero-order chi connectivity index (χ0) is 44.1. The zero-order valence-electron chi connectivity index (χ0n) is 33.6. The van der Waals surface area contributed by atoms with Gasteiger partial charge in [0.05, 0.1) is 34.9 Å². The van der Waals surface area contributed by atoms with Gasteiger partial charge in [0.15, 0.2) is 6.29 Å². The predicted molar refractivity (Wildman–Crippen MR) is 220 cm³/mol. The van der Waals surface area contributed by atoms with Crippen molar-refractivity contribution in [3.05, 3.63) is 88.5 Å². The molecule has 20 heteroatoms. The molecule has 2 heterocycles. The fourth-order valence-corrected chi connectivity index (χ4v) is 6.81. The first kappa shape index (κ1) is 45.8. The molecule has 0 spiro atoms. The minimum Gasteiger partial charge on any atom is -0.394 e. The number of carbonyl (C=O) groups excluding carboxylic acids is 5. The maximum atomic E-state index is 13.0. The van der Waals surface area contributed by atoms with E-state index in [0.717, 1.165) is 5.56 Å². The summed E-state index contributed by atoms with van der Waals surface area (Å²) in [5.41, 5.74) is 7.90. The number of ether oxygens (including phenoxy) is 3. The molecule has 326 valence electrons. The van der Waals surface area contributed by atoms with Crippen molar-refractivity contribution in [2.45, 2.75) is 82.4 Å². The van der Waals surface area contributed by atoms with Gasteiger partial charge in [0.1, 0.15) is 48.4 Å². The van der Waals surface area contributed by atoms with Crippen molar-refractivity contribution in [1.29, 1.82) is 0 Å². The second-order valence-electron chi connectivity index (χ2n) is 14.4. The topological polar surface area (TPSA) is 296 Å². The molecule has 4 aromatic rings. The number of anilines is 1. The zero-order valence-corrected chi connectivity index (χ0v) is 33.6. The number of nitro groups is 1. The van der Waals surface area contributed by atoms with Gasteiger partial charge in [-0.05, 0) is 37.5 Å². The van der Waals surface area contributed by atoms with Crippen molar-refractivity contribution < 1.29 is 53.3 Å². The summed E-state index contributed by atoms with van der Waals surface area (Å²) in [5.74, 6) is -3.40. The van der Waals surface area contributed by atoms with E-state index in [2.05, 4.69) is 31.6 Å². The van der Waals surface area contributed by atoms with Crippen LogP contribution in [0.15, 0.2) is 72.8 Å². The monoisotopic (exact) mass is 846 g/mol. The number of fused-ring (bicyclic) bond motifs is 2. The number of pyridine rings is 1. The molecule has 0 aliphatic carbocycles. The second kappa shape index (κ2) is 21.8. The SMILES string of the molecule is CC(=O)N[C@@H]1[C@H](OCc2ccccc2)O[C@@H](CO)[C@@H](O)[C@@H]1OCC(=O)N[C@@H](C)C(=O)N[C@H](CCC(=O)NCCCNc1c2ccccc2nc2cccc([N+](=O)[O-])c12)C(N)=O. The number of para-hydroxylation sites is 1. The number of aliphatic hydroxyl groups is 2. The van der Waals surface area contributed by atoms with E-state index in [1.54, 1.807) is 12.1 Å². The van der Waals surface area contributed by atoms with Gasteiger partial charge in [-0.2, -0.15) is 0 Å². The lowest BCUT2D eigenvalue weighted by Crippen LogP contribution is -2.65. The first-order chi connectivity index (χ1) is 29.3. The Morgan fingerprint density at radius 1 is 0.951 bits per heavy atom. The number of nitrogens with two attached hydrogens (primary N) is 1. The largest absolute Gasteiger partial charge is 0.394 e. The van der Waals surface area contributed by atoms with Crippen molar-refractivity contribution in [2.24, 2.45) is 5.73 Å². The van der Waals surface area contributed by atoms with E-state index in [-0.39, 0.29) is 31.7 Å². The number of nitro benzene ring substituents is 1. The molecule has 0 bridgehead atoms. The Balaban J connectivity index is 1.08. The molecular weight excluding hydrogens is 796 g/mol. The number of aliphatic hydroxyl groups excluding tert-OH is 2. The summed E-state index contributed by atoms with van der Waals surface area (Å²) >= 11 is 0. The van der Waals surface area contributed by atoms with E-state index >= 15 is 0 Å². The molecule has 0 saturated carbocycles. The van der Waals surface area contributed by atoms with Crippen LogP contribution in [0, 0.1) is 10.1 Å². The van der Waals surface area contributed by atoms with Crippen LogP contribution in [0.25, 0.3) is 21.8 Å². The molecule has 0 radical (unpaired) electrons. The Morgan fingerprint density at radius 3 is 2.38 bits per heavy atom. The highest BCUT2D eigenvalue weighted by atomic mass is 16.7. The summed E-state index contributed by atoms with van der Waals surface area (Å²) in [6, 6.07) is 17.5. The number of aromatic nitrogens is 1. The summed E-state index contributed by atoms with van der Waals surface area (Å²) in [4.78, 5) is 78.9. The number of nitrogens with one attached hydrogen (secondary N) is 5. The van der Waals surface area contributed by atoms with Crippen molar-refractivity contribution in [3.63, 3.8) is 0 Å². The van der Waals surface area contributed by atoms with Crippen molar-refractivity contribution in [1.82, 2.24) is 26.3 Å². The van der Waals surface area contributed by atoms with Crippen LogP contribution in [0.5, 0.6) is 0 Å². The van der Waals surface area contributed by atoms with Crippen LogP contribution in [-0.4, -0.2) is 119 Å². The molecule has 9 N–H and O–H groups in total. The molecule has 1 aromatic heterocycles. The maximum Gasteiger partial charge on any atom is 0.280 e. The summed E-state index contributed by atoms with van der Waals surface area (Å²) in [7, 11) is 0. The van der Waals surface area contributed by atoms with E-state index in [1.807, 2.05) is 54.6 Å². The normalized spacial score (nSPS) is 19.6. The Kier molecular flexibility index (Phi) is 16.3. The molecule has 0 unspecified atom stereocenters. The smallest absolute Gasteiger partial charge is 0.280 e. The van der Waals surface area contributed by atoms with E-state index in [4.69, 9.17) is 19.9 Å². The molecule has 7 atom stereocenters. The summed E-state index contributed by atoms with van der Waals surface area (Å²) in [5, 5.41) is 47.2. The van der Waals surface area contributed by atoms with Crippen LogP contribution in [0.4, 0.5) is 11.4 Å². The molecule has 1 aliphatic rings. The Morgan fingerprint density at radius 2 is 1.67 bits per heavy atom. The quantitative estimate of drug-likeness (QED) is 0.0247. The highest BCUT2D eigenvalue weighted by Gasteiger charge is 2.47. The van der Waals surface area contributed by atoms with Crippen LogP contribution in [0.3, 0.4) is 0 Å². The highest BCUT2D eigenvalue weighted by molar-refractivity contribution is 6.11. The van der Waals surface area contributed by atoms with Crippen LogP contribution >= 0.6 is 0 Å². The number of carbonyl (C=O) groups is 5. The van der Waals surface area contributed by atoms with Gasteiger partial charge < -0.3 is 56.7 Å². The molecule has 3 aromatic carbocycles. The fraction of sp³-hybridized carbons (Fsp3) is 0.415. The summed E-state index contributed by atoms with van der Waals surface area (Å²) in [6.45, 7) is 1.91. The standard InChI is InChI=1S/C41H50N8O12/c1-23(45-33(53)22-59-38-36(46-24(2)51)41(61-31(20-50)37(38)54)60-21-25-10-4-3-5-11-25)40(56)48-29(39(42)55)16-17-32(52)43-18-9-19-44-35-26-12-6-7-13-27(26)47-28-14-8-15-30(34(28)35)49(57)58/h3-8,10-15,23,29,31,36-38,41,50,54H,9,16-22H2,1-2H3,(H2,42,55)(H,43,52)(H,44,47)(H,45,53)(H,46,51)(H,48,56)/t23-,29+,31-,36-,37+,38+,41+/m0/s1. The van der Waals surface area contributed by atoms with E-state index < -0.39 is 90.4 Å². The van der Waals surface area contributed by atoms with E-state index in [9.17, 15) is 44.3 Å². The Labute approximate surface area is 350 Å². The number of hydrogen-bond donors (Lipinski definition) is 8. The number of non-ortho nitro benzene ring substituents is 1. The summed E-state index contributed by atoms with van der Waals surface area (Å²) < 4.78 is 17.4. The van der Waals surface area contributed by atoms with Gasteiger partial charge in [0, 0.05) is 37.9 Å². The van der Waals surface area contributed by atoms with E-state index in [0.29, 0.717) is 40.5 Å². The second-order valence-corrected chi connectivity index (χ2v) is 14.4. The summed E-state index contributed by atoms with van der Waals surface area (Å²) in [6.07, 6.45) is -5.00. The lowest BCUT2D eigenvalue weighted by molar-refractivity contribution is -0.383. The third kappa shape index (κ3) is 12.4. The predicted octanol–water partition coefficient (Wildman–Crippen LogP) is 0.654. The van der Waals surface area contributed by atoms with Crippen LogP contribution < -0.4 is 32.3 Å². The van der Waals surface area contributed by atoms with E-state index in [1.165, 1.54) is 19.9 Å². The number of benzene rings is 3. The molecule has 5 rings (SSSR count). The Hall–Kier alpha value is -6.32. The van der Waals surface area contributed by atoms with Crippen LogP contribution in [0.2, 0.25) is 0 Å². The molecule has 1 saturated heterocycles. The molecule has 61 heavy (non-hydrogen) atoms. The number of rotatable bonds is 21. The van der Waals surface area contributed by atoms with Crippen molar-refractivity contribution in [3.8, 4) is 0 Å². The fourth-order valence-electron chi connectivity index (χ4n) is 6.81. The molecule has 1 fully saturated rings. The number of nitrogens with zero attached hydrogens (tertiary/aromatic N) is 2. The van der Waals surface area contributed by atoms with Gasteiger partial charge in [0.2, 0.25) is 29.5 Å². The average Bonchev–Trinajstić information content (AvgIpc) is 3.23. The van der Waals surface area contributed by atoms with Crippen molar-refractivity contribution >= 4 is 62.7 Å². The molecule has 20 nitrogen and oxygen atoms in total. The average molecular weight is 847 g/mol. The van der Waals surface area contributed by atoms with Gasteiger partial charge >= 0.3 is 0 Å². The molecule has 5 amide bonds. The van der Waals surface area contributed by atoms with Gasteiger partial charge in [-0.3, -0.25) is 34.1 Å². The first-order valence-corrected chi connectivity index (χ1v) is 19.6.